The molecule has 46 heavy (non-hydrogen) atoms. The highest BCUT2D eigenvalue weighted by Gasteiger charge is 2.57. The summed E-state index contributed by atoms with van der Waals surface area (Å²) in [5.41, 5.74) is 1.22. The lowest BCUT2D eigenvalue weighted by atomic mass is 9.83. The molecule has 1 N–H and O–H groups in total. The quantitative estimate of drug-likeness (QED) is 0.158. The Labute approximate surface area is 284 Å². The first-order valence-electron chi connectivity index (χ1n) is 15.7. The highest BCUT2D eigenvalue weighted by Crippen LogP contribution is 2.45. The summed E-state index contributed by atoms with van der Waals surface area (Å²) in [6.07, 6.45) is -2.04. The Bertz CT molecular complexity index is 1420. The average Bonchev–Trinajstić information content (AvgIpc) is 2.89. The van der Waals surface area contributed by atoms with Crippen molar-refractivity contribution in [2.45, 2.75) is 103 Å². The van der Waals surface area contributed by atoms with Crippen molar-refractivity contribution in [2.24, 2.45) is 5.92 Å². The Morgan fingerprint density at radius 2 is 1.52 bits per heavy atom. The molecule has 14 heteroatoms. The zero-order valence-electron chi connectivity index (χ0n) is 29.3. The lowest BCUT2D eigenvalue weighted by Crippen LogP contribution is -2.65. The second-order valence-electron chi connectivity index (χ2n) is 14.9. The number of halogens is 1. The third-order valence-electron chi connectivity index (χ3n) is 7.23. The Morgan fingerprint density at radius 3 is 2.02 bits per heavy atom. The van der Waals surface area contributed by atoms with Crippen LogP contribution in [-0.2, 0) is 38.1 Å². The highest BCUT2D eigenvalue weighted by molar-refractivity contribution is 7.86. The predicted molar refractivity (Wildman–Crippen MR) is 191 cm³/mol. The van der Waals surface area contributed by atoms with E-state index in [1.165, 1.54) is 0 Å². The SMILES string of the molecule is CCOc1ccc(C(OS(C)(=O)=O)c2cc([C@]3(O)O[C@H](CO[Si](C)(C)C)[C@@H](C)[C@H](O[Si](C)(C)C)[C@H]3O[Si](C)(C)C)ccc2Cl)cc1. The molecule has 3 rings (SSSR count). The van der Waals surface area contributed by atoms with Gasteiger partial charge in [0, 0.05) is 22.1 Å². The van der Waals surface area contributed by atoms with Crippen molar-refractivity contribution in [3.63, 3.8) is 0 Å². The molecule has 0 aliphatic carbocycles. The summed E-state index contributed by atoms with van der Waals surface area (Å²) >= 11 is 6.76. The van der Waals surface area contributed by atoms with Gasteiger partial charge in [0.1, 0.15) is 18.0 Å². The largest absolute Gasteiger partial charge is 0.494 e. The molecule has 0 spiro atoms. The molecule has 0 aromatic heterocycles. The van der Waals surface area contributed by atoms with E-state index < -0.39 is 65.3 Å². The lowest BCUT2D eigenvalue weighted by Gasteiger charge is -2.53. The van der Waals surface area contributed by atoms with Crippen LogP contribution in [0, 0.1) is 5.92 Å². The second-order valence-corrected chi connectivity index (χ2v) is 30.3. The number of benzene rings is 2. The highest BCUT2D eigenvalue weighted by atomic mass is 35.5. The van der Waals surface area contributed by atoms with Gasteiger partial charge >= 0.3 is 0 Å². The fourth-order valence-electron chi connectivity index (χ4n) is 5.31. The molecule has 9 nitrogen and oxygen atoms in total. The van der Waals surface area contributed by atoms with Gasteiger partial charge in [-0.15, -0.1) is 0 Å². The molecule has 1 unspecified atom stereocenters. The van der Waals surface area contributed by atoms with E-state index in [2.05, 4.69) is 65.8 Å². The van der Waals surface area contributed by atoms with Gasteiger partial charge in [-0.1, -0.05) is 36.7 Å². The maximum absolute atomic E-state index is 12.8. The summed E-state index contributed by atoms with van der Waals surface area (Å²) in [4.78, 5) is 0. The summed E-state index contributed by atoms with van der Waals surface area (Å²) < 4.78 is 62.8. The van der Waals surface area contributed by atoms with Crippen LogP contribution in [0.5, 0.6) is 5.75 Å². The van der Waals surface area contributed by atoms with E-state index in [0.717, 1.165) is 6.26 Å². The van der Waals surface area contributed by atoms with Gasteiger partial charge in [0.05, 0.1) is 31.7 Å². The summed E-state index contributed by atoms with van der Waals surface area (Å²) in [5.74, 6) is -1.52. The Hall–Kier alpha value is -1.11. The van der Waals surface area contributed by atoms with Crippen LogP contribution in [-0.4, -0.2) is 76.3 Å². The number of ether oxygens (including phenoxy) is 2. The number of hydrogen-bond acceptors (Lipinski definition) is 9. The minimum absolute atomic E-state index is 0.165. The van der Waals surface area contributed by atoms with E-state index in [-0.39, 0.29) is 17.5 Å². The lowest BCUT2D eigenvalue weighted by molar-refractivity contribution is -0.341. The van der Waals surface area contributed by atoms with E-state index in [9.17, 15) is 13.5 Å². The minimum atomic E-state index is -3.94. The zero-order chi connectivity index (χ0) is 34.9. The third-order valence-corrected chi connectivity index (χ3v) is 11.1. The number of hydrogen-bond donors (Lipinski definition) is 1. The fourth-order valence-corrected chi connectivity index (χ4v) is 8.96. The van der Waals surface area contributed by atoms with E-state index in [1.807, 2.05) is 6.92 Å². The summed E-state index contributed by atoms with van der Waals surface area (Å²) in [6.45, 7) is 23.5. The van der Waals surface area contributed by atoms with Crippen molar-refractivity contribution in [1.82, 2.24) is 0 Å². The molecule has 0 radical (unpaired) electrons. The molecule has 0 amide bonds. The molecule has 1 heterocycles. The topological polar surface area (TPSA) is 110 Å². The number of rotatable bonds is 14. The van der Waals surface area contributed by atoms with Crippen LogP contribution in [0.25, 0.3) is 0 Å². The first kappa shape index (κ1) is 39.3. The standard InChI is InChI=1S/C32H53ClO9SSi3/c1-13-37-25-17-14-23(15-18-25)30(40-43(3,35)36)26-20-24(16-19-27(26)33)32(34)31(42-46(10,11)12)29(41-45(7,8)9)22(2)28(39-32)21-38-44(4,5)6/h14-20,22,28-31,34H,13,21H2,1-12H3/t22-,28-,29+,30?,31-,32+/m1/s1. The van der Waals surface area contributed by atoms with Crippen LogP contribution in [0.2, 0.25) is 63.9 Å². The predicted octanol–water partition coefficient (Wildman–Crippen LogP) is 7.28. The smallest absolute Gasteiger partial charge is 0.265 e. The van der Waals surface area contributed by atoms with Crippen LogP contribution in [0.4, 0.5) is 0 Å². The van der Waals surface area contributed by atoms with Gasteiger partial charge in [-0.25, -0.2) is 0 Å². The summed E-state index contributed by atoms with van der Waals surface area (Å²) in [7, 11) is -10.3. The normalized spacial score (nSPS) is 25.3. The monoisotopic (exact) mass is 732 g/mol. The zero-order valence-corrected chi connectivity index (χ0v) is 33.9. The van der Waals surface area contributed by atoms with Crippen molar-refractivity contribution >= 4 is 46.7 Å². The molecular weight excluding hydrogens is 680 g/mol. The summed E-state index contributed by atoms with van der Waals surface area (Å²) in [6, 6.07) is 11.9. The van der Waals surface area contributed by atoms with Crippen LogP contribution >= 0.6 is 11.6 Å². The van der Waals surface area contributed by atoms with Gasteiger partial charge in [0.15, 0.2) is 25.0 Å². The van der Waals surface area contributed by atoms with E-state index in [4.69, 9.17) is 38.5 Å². The second kappa shape index (κ2) is 14.8. The van der Waals surface area contributed by atoms with Crippen molar-refractivity contribution in [3.05, 3.63) is 64.2 Å². The van der Waals surface area contributed by atoms with Crippen molar-refractivity contribution < 1.29 is 40.5 Å². The molecule has 1 fully saturated rings. The molecule has 1 saturated heterocycles. The van der Waals surface area contributed by atoms with Gasteiger partial charge in [-0.3, -0.25) is 4.18 Å². The first-order valence-corrected chi connectivity index (χ1v) is 28.1. The van der Waals surface area contributed by atoms with Gasteiger partial charge in [-0.05, 0) is 95.7 Å². The molecule has 6 atom stereocenters. The molecule has 2 aromatic carbocycles. The molecule has 1 aliphatic heterocycles. The van der Waals surface area contributed by atoms with Gasteiger partial charge in [-0.2, -0.15) is 8.42 Å². The molecule has 0 bridgehead atoms. The molecular formula is C32H53ClO9SSi3. The summed E-state index contributed by atoms with van der Waals surface area (Å²) in [5, 5.41) is 13.1. The van der Waals surface area contributed by atoms with Crippen molar-refractivity contribution in [1.29, 1.82) is 0 Å². The maximum atomic E-state index is 12.8. The maximum Gasteiger partial charge on any atom is 0.265 e. The molecule has 2 aromatic rings. The van der Waals surface area contributed by atoms with Crippen LogP contribution in [0.1, 0.15) is 36.6 Å². The Balaban J connectivity index is 2.24. The van der Waals surface area contributed by atoms with Gasteiger partial charge in [0.2, 0.25) is 5.79 Å². The average molecular weight is 734 g/mol. The van der Waals surface area contributed by atoms with E-state index in [1.54, 1.807) is 42.5 Å². The number of aliphatic hydroxyl groups is 1. The van der Waals surface area contributed by atoms with E-state index in [0.29, 0.717) is 29.0 Å². The van der Waals surface area contributed by atoms with Gasteiger partial charge in [0.25, 0.3) is 10.1 Å². The third kappa shape index (κ3) is 11.0. The van der Waals surface area contributed by atoms with Crippen molar-refractivity contribution in [3.8, 4) is 5.75 Å². The van der Waals surface area contributed by atoms with Crippen molar-refractivity contribution in [2.75, 3.05) is 19.5 Å². The van der Waals surface area contributed by atoms with Crippen LogP contribution < -0.4 is 4.74 Å². The van der Waals surface area contributed by atoms with E-state index >= 15 is 0 Å². The Morgan fingerprint density at radius 1 is 0.935 bits per heavy atom. The fraction of sp³-hybridized carbons (Fsp3) is 0.625. The van der Waals surface area contributed by atoms with Crippen LogP contribution in [0.3, 0.4) is 0 Å². The molecule has 260 valence electrons. The molecule has 0 saturated carbocycles. The van der Waals surface area contributed by atoms with Gasteiger partial charge < -0.3 is 27.9 Å². The minimum Gasteiger partial charge on any atom is -0.494 e. The Kier molecular flexibility index (Phi) is 12.6. The van der Waals surface area contributed by atoms with Crippen LogP contribution in [0.15, 0.2) is 42.5 Å². The molecule has 1 aliphatic rings. The first-order chi connectivity index (χ1) is 20.9.